The minimum Gasteiger partial charge on any atom is -0.459 e. The minimum atomic E-state index is -1.23. The van der Waals surface area contributed by atoms with Crippen LogP contribution in [0.15, 0.2) is 108 Å². The summed E-state index contributed by atoms with van der Waals surface area (Å²) in [4.78, 5) is 31.1. The first-order valence-electron chi connectivity index (χ1n) is 15.4. The lowest BCUT2D eigenvalue weighted by Crippen LogP contribution is -2.43. The molecule has 2 amide bonds. The molecule has 5 aromatic rings. The highest BCUT2D eigenvalue weighted by Crippen LogP contribution is 2.37. The topological polar surface area (TPSA) is 101 Å². The summed E-state index contributed by atoms with van der Waals surface area (Å²) in [7, 11) is 0. The molecule has 1 aliphatic heterocycles. The first-order valence-corrected chi connectivity index (χ1v) is 15.4. The standard InChI is InChI=1S/C38H34F2N4O3/c1-38(40)18-20-44(21-19-38)37(46)28-6-4-26(5-7-28)29-10-14-32(33(22-29)27-8-11-30(39)12-9-27)34-15-13-31(47-34)24-43-36(45)17-3-25-2-16-35(41)42-23-25/h2-17,22-23H,18-21,24H2,1H3,(H2,41,42)(H,43,45)/b17-3+. The summed E-state index contributed by atoms with van der Waals surface area (Å²) >= 11 is 0. The van der Waals surface area contributed by atoms with Crippen LogP contribution >= 0.6 is 0 Å². The smallest absolute Gasteiger partial charge is 0.253 e. The van der Waals surface area contributed by atoms with E-state index in [1.54, 1.807) is 66.6 Å². The summed E-state index contributed by atoms with van der Waals surface area (Å²) < 4.78 is 34.2. The molecule has 3 aromatic carbocycles. The van der Waals surface area contributed by atoms with E-state index >= 15 is 0 Å². The molecule has 47 heavy (non-hydrogen) atoms. The van der Waals surface area contributed by atoms with Gasteiger partial charge in [0.05, 0.1) is 6.54 Å². The van der Waals surface area contributed by atoms with Gasteiger partial charge in [-0.25, -0.2) is 13.8 Å². The first kappa shape index (κ1) is 31.4. The largest absolute Gasteiger partial charge is 0.459 e. The fourth-order valence-electron chi connectivity index (χ4n) is 5.51. The van der Waals surface area contributed by atoms with E-state index in [2.05, 4.69) is 10.3 Å². The number of halogens is 2. The minimum absolute atomic E-state index is 0.102. The SMILES string of the molecule is CC1(F)CCN(C(=O)c2ccc(-c3ccc(-c4ccc(CNC(=O)/C=C/c5ccc(N)nc5)o4)c(-c4ccc(F)cc4)c3)cc2)CC1. The van der Waals surface area contributed by atoms with Gasteiger partial charge in [-0.2, -0.15) is 0 Å². The molecule has 3 N–H and O–H groups in total. The van der Waals surface area contributed by atoms with Crippen molar-refractivity contribution >= 4 is 23.7 Å². The number of rotatable bonds is 8. The number of alkyl halides is 1. The lowest BCUT2D eigenvalue weighted by atomic mass is 9.93. The zero-order valence-corrected chi connectivity index (χ0v) is 25.9. The number of carbonyl (C=O) groups is 2. The molecule has 0 radical (unpaired) electrons. The molecule has 0 spiro atoms. The number of nitrogens with zero attached hydrogens (tertiary/aromatic N) is 2. The zero-order valence-electron chi connectivity index (χ0n) is 25.9. The third-order valence-corrected chi connectivity index (χ3v) is 8.33. The van der Waals surface area contributed by atoms with E-state index in [9.17, 15) is 18.4 Å². The Morgan fingerprint density at radius 2 is 1.62 bits per heavy atom. The molecule has 0 bridgehead atoms. The zero-order chi connectivity index (χ0) is 33.0. The maximum Gasteiger partial charge on any atom is 0.253 e. The molecule has 238 valence electrons. The Kier molecular flexibility index (Phi) is 8.97. The van der Waals surface area contributed by atoms with Crippen molar-refractivity contribution < 1.29 is 22.8 Å². The molecule has 1 saturated heterocycles. The number of benzene rings is 3. The predicted molar refractivity (Wildman–Crippen MR) is 179 cm³/mol. The van der Waals surface area contributed by atoms with Crippen LogP contribution < -0.4 is 11.1 Å². The number of carbonyl (C=O) groups excluding carboxylic acids is 2. The number of aromatic nitrogens is 1. The van der Waals surface area contributed by atoms with Gasteiger partial charge in [0.2, 0.25) is 5.91 Å². The molecule has 6 rings (SSSR count). The van der Waals surface area contributed by atoms with Crippen molar-refractivity contribution in [3.8, 4) is 33.6 Å². The van der Waals surface area contributed by atoms with Crippen LogP contribution in [0.4, 0.5) is 14.6 Å². The van der Waals surface area contributed by atoms with Crippen LogP contribution in [0.3, 0.4) is 0 Å². The lowest BCUT2D eigenvalue weighted by molar-refractivity contribution is -0.116. The van der Waals surface area contributed by atoms with Gasteiger partial charge in [-0.3, -0.25) is 9.59 Å². The fraction of sp³-hybridized carbons (Fsp3) is 0.184. The molecule has 3 heterocycles. The Hall–Kier alpha value is -5.57. The number of anilines is 1. The Morgan fingerprint density at radius 3 is 2.32 bits per heavy atom. The second-order valence-electron chi connectivity index (χ2n) is 11.9. The van der Waals surface area contributed by atoms with Gasteiger partial charge in [0.15, 0.2) is 0 Å². The summed E-state index contributed by atoms with van der Waals surface area (Å²) in [5.41, 5.74) is 9.91. The van der Waals surface area contributed by atoms with E-state index in [1.807, 2.05) is 36.4 Å². The van der Waals surface area contributed by atoms with Crippen LogP contribution in [0.2, 0.25) is 0 Å². The van der Waals surface area contributed by atoms with E-state index in [0.717, 1.165) is 33.4 Å². The molecule has 0 aliphatic carbocycles. The summed E-state index contributed by atoms with van der Waals surface area (Å²) in [5, 5.41) is 2.82. The highest BCUT2D eigenvalue weighted by atomic mass is 19.1. The van der Waals surface area contributed by atoms with Gasteiger partial charge in [0.1, 0.15) is 28.8 Å². The molecular weight excluding hydrogens is 598 g/mol. The quantitative estimate of drug-likeness (QED) is 0.171. The summed E-state index contributed by atoms with van der Waals surface area (Å²) in [5.74, 6) is 0.832. The van der Waals surface area contributed by atoms with E-state index in [0.29, 0.717) is 48.8 Å². The van der Waals surface area contributed by atoms with Crippen LogP contribution in [0.1, 0.15) is 41.4 Å². The third kappa shape index (κ3) is 7.64. The van der Waals surface area contributed by atoms with Gasteiger partial charge < -0.3 is 20.4 Å². The monoisotopic (exact) mass is 632 g/mol. The number of hydrogen-bond acceptors (Lipinski definition) is 5. The van der Waals surface area contributed by atoms with Crippen molar-refractivity contribution in [3.63, 3.8) is 0 Å². The number of furan rings is 1. The third-order valence-electron chi connectivity index (χ3n) is 8.33. The van der Waals surface area contributed by atoms with Crippen molar-refractivity contribution in [2.45, 2.75) is 32.0 Å². The maximum atomic E-state index is 14.2. The van der Waals surface area contributed by atoms with Gasteiger partial charge in [0, 0.05) is 36.5 Å². The van der Waals surface area contributed by atoms with Crippen molar-refractivity contribution in [2.24, 2.45) is 0 Å². The van der Waals surface area contributed by atoms with Crippen molar-refractivity contribution in [3.05, 3.63) is 126 Å². The summed E-state index contributed by atoms with van der Waals surface area (Å²) in [6.07, 6.45) is 5.32. The number of pyridine rings is 1. The van der Waals surface area contributed by atoms with E-state index in [1.165, 1.54) is 18.2 Å². The average Bonchev–Trinajstić information content (AvgIpc) is 3.56. The highest BCUT2D eigenvalue weighted by Gasteiger charge is 2.31. The number of amides is 2. The number of nitrogens with two attached hydrogens (primary N) is 1. The molecule has 2 aromatic heterocycles. The van der Waals surface area contributed by atoms with Crippen LogP contribution in [0.25, 0.3) is 39.7 Å². The maximum absolute atomic E-state index is 14.2. The van der Waals surface area contributed by atoms with Crippen molar-refractivity contribution in [1.82, 2.24) is 15.2 Å². The van der Waals surface area contributed by atoms with Gasteiger partial charge in [0.25, 0.3) is 5.91 Å². The van der Waals surface area contributed by atoms with Gasteiger partial charge >= 0.3 is 0 Å². The number of nitrogens with one attached hydrogen (secondary N) is 1. The summed E-state index contributed by atoms with van der Waals surface area (Å²) in [6.45, 7) is 2.57. The molecule has 9 heteroatoms. The molecule has 0 atom stereocenters. The second kappa shape index (κ2) is 13.4. The van der Waals surface area contributed by atoms with E-state index in [4.69, 9.17) is 10.2 Å². The molecule has 0 saturated carbocycles. The Labute approximate surface area is 271 Å². The number of likely N-dealkylation sites (tertiary alicyclic amines) is 1. The number of nitrogen functional groups attached to an aromatic ring is 1. The number of piperidine rings is 1. The first-order chi connectivity index (χ1) is 22.6. The van der Waals surface area contributed by atoms with Crippen molar-refractivity contribution in [1.29, 1.82) is 0 Å². The second-order valence-corrected chi connectivity index (χ2v) is 11.9. The number of hydrogen-bond donors (Lipinski definition) is 2. The molecule has 0 unspecified atom stereocenters. The Bertz CT molecular complexity index is 1900. The Morgan fingerprint density at radius 1 is 0.915 bits per heavy atom. The van der Waals surface area contributed by atoms with Crippen molar-refractivity contribution in [2.75, 3.05) is 18.8 Å². The average molecular weight is 633 g/mol. The lowest BCUT2D eigenvalue weighted by Gasteiger charge is -2.34. The van der Waals surface area contributed by atoms with Crippen LogP contribution in [-0.4, -0.2) is 40.5 Å². The molecule has 1 aliphatic rings. The van der Waals surface area contributed by atoms with Crippen LogP contribution in [0.5, 0.6) is 0 Å². The van der Waals surface area contributed by atoms with Crippen LogP contribution in [0, 0.1) is 5.82 Å². The van der Waals surface area contributed by atoms with Crippen LogP contribution in [-0.2, 0) is 11.3 Å². The fourth-order valence-corrected chi connectivity index (χ4v) is 5.51. The van der Waals surface area contributed by atoms with E-state index in [-0.39, 0.29) is 24.2 Å². The normalized spacial score (nSPS) is 14.3. The molecule has 1 fully saturated rings. The van der Waals surface area contributed by atoms with Gasteiger partial charge in [-0.15, -0.1) is 0 Å². The molecular formula is C38H34F2N4O3. The Balaban J connectivity index is 1.20. The van der Waals surface area contributed by atoms with E-state index < -0.39 is 5.67 Å². The van der Waals surface area contributed by atoms with Gasteiger partial charge in [-0.1, -0.05) is 30.3 Å². The predicted octanol–water partition coefficient (Wildman–Crippen LogP) is 7.69. The molecule has 7 nitrogen and oxygen atoms in total. The van der Waals surface area contributed by atoms with Gasteiger partial charge in [-0.05, 0) is 114 Å². The summed E-state index contributed by atoms with van der Waals surface area (Å²) in [6, 6.07) is 26.6. The highest BCUT2D eigenvalue weighted by molar-refractivity contribution is 5.95.